The predicted octanol–water partition coefficient (Wildman–Crippen LogP) is 1.65. The summed E-state index contributed by atoms with van der Waals surface area (Å²) >= 11 is 0. The van der Waals surface area contributed by atoms with E-state index in [4.69, 9.17) is 0 Å². The van der Waals surface area contributed by atoms with Crippen molar-refractivity contribution >= 4 is 11.6 Å². The predicted molar refractivity (Wildman–Crippen MR) is 50.1 cm³/mol. The summed E-state index contributed by atoms with van der Waals surface area (Å²) in [5.41, 5.74) is -0.877. The molecule has 1 rings (SSSR count). The fourth-order valence-electron chi connectivity index (χ4n) is 1.01. The fourth-order valence-corrected chi connectivity index (χ4v) is 1.01. The maximum atomic E-state index is 12.1. The van der Waals surface area contributed by atoms with E-state index in [1.807, 2.05) is 0 Å². The first-order valence-electron chi connectivity index (χ1n) is 4.05. The van der Waals surface area contributed by atoms with Crippen molar-refractivity contribution in [2.45, 2.75) is 13.1 Å². The summed E-state index contributed by atoms with van der Waals surface area (Å²) in [7, 11) is 0. The van der Waals surface area contributed by atoms with Crippen molar-refractivity contribution in [3.63, 3.8) is 0 Å². The molecule has 6 heteroatoms. The molecule has 0 atom stereocenters. The Balaban J connectivity index is 0.00000225. The Bertz CT molecular complexity index is 393. The van der Waals surface area contributed by atoms with Crippen molar-refractivity contribution in [2.24, 2.45) is 0 Å². The summed E-state index contributed by atoms with van der Waals surface area (Å²) in [6, 6.07) is 3.53. The monoisotopic (exact) mass is 234 g/mol. The standard InChI is InChI=1S/C10H7F3O2.H2O/c1-6(14)9(15)7-2-4-8(5-3-7)10(11,12)13;/h2-5H,1H3;1H2. The normalized spacial score (nSPS) is 10.5. The SMILES string of the molecule is CC(=O)C(=O)c1ccc(C(F)(F)F)cc1.O. The van der Waals surface area contributed by atoms with Crippen LogP contribution in [0.25, 0.3) is 0 Å². The van der Waals surface area contributed by atoms with E-state index in [2.05, 4.69) is 0 Å². The molecule has 88 valence electrons. The third-order valence-electron chi connectivity index (χ3n) is 1.79. The highest BCUT2D eigenvalue weighted by Gasteiger charge is 2.30. The summed E-state index contributed by atoms with van der Waals surface area (Å²) in [5, 5.41) is 0. The molecule has 0 heterocycles. The van der Waals surface area contributed by atoms with Crippen LogP contribution in [0.3, 0.4) is 0 Å². The molecule has 0 saturated carbocycles. The third-order valence-corrected chi connectivity index (χ3v) is 1.79. The maximum absolute atomic E-state index is 12.1. The lowest BCUT2D eigenvalue weighted by Gasteiger charge is -2.06. The molecule has 0 radical (unpaired) electrons. The van der Waals surface area contributed by atoms with Gasteiger partial charge in [0.05, 0.1) is 5.56 Å². The lowest BCUT2D eigenvalue weighted by Crippen LogP contribution is -2.11. The molecule has 16 heavy (non-hydrogen) atoms. The zero-order chi connectivity index (χ0) is 11.6. The van der Waals surface area contributed by atoms with Crippen LogP contribution < -0.4 is 0 Å². The van der Waals surface area contributed by atoms with E-state index in [0.29, 0.717) is 0 Å². The van der Waals surface area contributed by atoms with Gasteiger partial charge in [0.1, 0.15) is 0 Å². The van der Waals surface area contributed by atoms with Gasteiger partial charge < -0.3 is 5.48 Å². The number of alkyl halides is 3. The van der Waals surface area contributed by atoms with Crippen LogP contribution in [0.15, 0.2) is 24.3 Å². The molecule has 0 unspecified atom stereocenters. The highest BCUT2D eigenvalue weighted by atomic mass is 19.4. The van der Waals surface area contributed by atoms with E-state index in [-0.39, 0.29) is 11.0 Å². The van der Waals surface area contributed by atoms with Gasteiger partial charge in [0.15, 0.2) is 5.78 Å². The second-order valence-electron chi connectivity index (χ2n) is 2.96. The minimum Gasteiger partial charge on any atom is -0.412 e. The molecule has 1 aromatic rings. The van der Waals surface area contributed by atoms with E-state index in [1.54, 1.807) is 0 Å². The van der Waals surface area contributed by atoms with Crippen molar-refractivity contribution < 1.29 is 28.2 Å². The number of rotatable bonds is 2. The van der Waals surface area contributed by atoms with Crippen molar-refractivity contribution in [1.29, 1.82) is 0 Å². The number of Topliss-reactive ketones (excluding diaryl/α,β-unsaturated/α-hetero) is 2. The van der Waals surface area contributed by atoms with Gasteiger partial charge >= 0.3 is 6.18 Å². The zero-order valence-corrected chi connectivity index (χ0v) is 8.26. The summed E-state index contributed by atoms with van der Waals surface area (Å²) in [4.78, 5) is 21.7. The molecule has 1 aromatic carbocycles. The van der Waals surface area contributed by atoms with E-state index in [9.17, 15) is 22.8 Å². The van der Waals surface area contributed by atoms with E-state index < -0.39 is 23.3 Å². The molecular weight excluding hydrogens is 225 g/mol. The van der Waals surface area contributed by atoms with Crippen molar-refractivity contribution in [1.82, 2.24) is 0 Å². The molecule has 0 aliphatic carbocycles. The van der Waals surface area contributed by atoms with Crippen molar-refractivity contribution in [3.05, 3.63) is 35.4 Å². The average Bonchev–Trinajstić information content (AvgIpc) is 2.15. The Labute approximate surface area is 89.2 Å². The van der Waals surface area contributed by atoms with Gasteiger partial charge in [0.25, 0.3) is 0 Å². The molecule has 0 aliphatic heterocycles. The third kappa shape index (κ3) is 3.16. The molecular formula is C10H9F3O3. The van der Waals surface area contributed by atoms with Crippen LogP contribution >= 0.6 is 0 Å². The molecule has 0 aliphatic rings. The van der Waals surface area contributed by atoms with Crippen LogP contribution in [-0.4, -0.2) is 17.0 Å². The van der Waals surface area contributed by atoms with Crippen molar-refractivity contribution in [3.8, 4) is 0 Å². The molecule has 2 N–H and O–H groups in total. The van der Waals surface area contributed by atoms with Crippen LogP contribution in [0.4, 0.5) is 13.2 Å². The summed E-state index contributed by atoms with van der Waals surface area (Å²) in [6.45, 7) is 1.07. The zero-order valence-electron chi connectivity index (χ0n) is 8.26. The highest BCUT2D eigenvalue weighted by molar-refractivity contribution is 6.42. The van der Waals surface area contributed by atoms with Crippen LogP contribution in [0.2, 0.25) is 0 Å². The van der Waals surface area contributed by atoms with E-state index >= 15 is 0 Å². The Kier molecular flexibility index (Phi) is 4.37. The molecule has 0 aromatic heterocycles. The van der Waals surface area contributed by atoms with Gasteiger partial charge in [-0.1, -0.05) is 12.1 Å². The fraction of sp³-hybridized carbons (Fsp3) is 0.200. The maximum Gasteiger partial charge on any atom is 0.416 e. The number of benzene rings is 1. The first-order valence-corrected chi connectivity index (χ1v) is 4.05. The van der Waals surface area contributed by atoms with E-state index in [1.165, 1.54) is 0 Å². The van der Waals surface area contributed by atoms with Gasteiger partial charge in [-0.05, 0) is 12.1 Å². The quantitative estimate of drug-likeness (QED) is 0.576. The molecule has 0 fully saturated rings. The molecule has 0 bridgehead atoms. The van der Waals surface area contributed by atoms with Gasteiger partial charge in [0.2, 0.25) is 5.78 Å². The second kappa shape index (κ2) is 4.89. The van der Waals surface area contributed by atoms with Crippen LogP contribution in [0.5, 0.6) is 0 Å². The highest BCUT2D eigenvalue weighted by Crippen LogP contribution is 2.29. The van der Waals surface area contributed by atoms with Gasteiger partial charge in [-0.15, -0.1) is 0 Å². The molecule has 3 nitrogen and oxygen atoms in total. The van der Waals surface area contributed by atoms with Gasteiger partial charge in [0, 0.05) is 12.5 Å². The van der Waals surface area contributed by atoms with Crippen molar-refractivity contribution in [2.75, 3.05) is 0 Å². The van der Waals surface area contributed by atoms with E-state index in [0.717, 1.165) is 31.2 Å². The lowest BCUT2D eigenvalue weighted by atomic mass is 10.1. The number of carbonyl (C=O) groups is 2. The second-order valence-corrected chi connectivity index (χ2v) is 2.96. The summed E-state index contributed by atoms with van der Waals surface area (Å²) in [6.07, 6.45) is -4.43. The number of halogens is 3. The Morgan fingerprint density at radius 3 is 1.81 bits per heavy atom. The first kappa shape index (κ1) is 14.3. The van der Waals surface area contributed by atoms with Crippen LogP contribution in [-0.2, 0) is 11.0 Å². The number of hydrogen-bond acceptors (Lipinski definition) is 2. The minimum absolute atomic E-state index is 0. The summed E-state index contributed by atoms with van der Waals surface area (Å²) in [5.74, 6) is -1.49. The lowest BCUT2D eigenvalue weighted by molar-refractivity contribution is -0.137. The van der Waals surface area contributed by atoms with Crippen LogP contribution in [0.1, 0.15) is 22.8 Å². The topological polar surface area (TPSA) is 65.6 Å². The number of hydrogen-bond donors (Lipinski definition) is 0. The molecule has 0 spiro atoms. The smallest absolute Gasteiger partial charge is 0.412 e. The van der Waals surface area contributed by atoms with Crippen LogP contribution in [0, 0.1) is 0 Å². The Morgan fingerprint density at radius 1 is 1.06 bits per heavy atom. The average molecular weight is 234 g/mol. The number of ketones is 2. The minimum atomic E-state index is -4.43. The first-order chi connectivity index (χ1) is 6.82. The molecule has 0 amide bonds. The molecule has 0 saturated heterocycles. The summed E-state index contributed by atoms with van der Waals surface area (Å²) < 4.78 is 36.4. The largest absolute Gasteiger partial charge is 0.416 e. The Hall–Kier alpha value is -1.69. The van der Waals surface area contributed by atoms with Gasteiger partial charge in [-0.3, -0.25) is 9.59 Å². The van der Waals surface area contributed by atoms with Gasteiger partial charge in [-0.2, -0.15) is 13.2 Å². The van der Waals surface area contributed by atoms with Gasteiger partial charge in [-0.25, -0.2) is 0 Å². The number of carbonyl (C=O) groups excluding carboxylic acids is 2. The Morgan fingerprint density at radius 2 is 1.50 bits per heavy atom.